The van der Waals surface area contributed by atoms with Gasteiger partial charge in [0.1, 0.15) is 10.6 Å². The van der Waals surface area contributed by atoms with Crippen molar-refractivity contribution < 1.29 is 8.42 Å². The van der Waals surface area contributed by atoms with Crippen molar-refractivity contribution in [3.8, 4) is 0 Å². The van der Waals surface area contributed by atoms with Crippen LogP contribution in [-0.4, -0.2) is 35.3 Å². The number of hydrogen-bond acceptors (Lipinski definition) is 7. The van der Waals surface area contributed by atoms with Gasteiger partial charge in [0.05, 0.1) is 10.3 Å². The van der Waals surface area contributed by atoms with Gasteiger partial charge in [0, 0.05) is 7.05 Å². The summed E-state index contributed by atoms with van der Waals surface area (Å²) in [6.45, 7) is 0. The van der Waals surface area contributed by atoms with E-state index in [1.165, 1.54) is 28.0 Å². The van der Waals surface area contributed by atoms with Crippen LogP contribution in [0.15, 0.2) is 51.7 Å². The first-order chi connectivity index (χ1) is 11.1. The fourth-order valence-corrected chi connectivity index (χ4v) is 4.49. The number of anilines is 1. The zero-order chi connectivity index (χ0) is 16.0. The van der Waals surface area contributed by atoms with Gasteiger partial charge in [0.25, 0.3) is 0 Å². The second kappa shape index (κ2) is 5.00. The maximum Gasteiger partial charge on any atom is 0.229 e. The van der Waals surface area contributed by atoms with Gasteiger partial charge in [0.2, 0.25) is 14.9 Å². The van der Waals surface area contributed by atoms with Gasteiger partial charge in [-0.3, -0.25) is 0 Å². The molecule has 0 atom stereocenters. The summed E-state index contributed by atoms with van der Waals surface area (Å²) < 4.78 is 27.1. The van der Waals surface area contributed by atoms with Crippen molar-refractivity contribution in [2.75, 3.05) is 12.4 Å². The van der Waals surface area contributed by atoms with Crippen molar-refractivity contribution in [2.24, 2.45) is 0 Å². The number of rotatable bonds is 3. The van der Waals surface area contributed by atoms with E-state index in [2.05, 4.69) is 20.6 Å². The molecule has 0 bridgehead atoms. The van der Waals surface area contributed by atoms with Crippen LogP contribution in [0.2, 0.25) is 0 Å². The number of sulfone groups is 1. The third-order valence-corrected chi connectivity index (χ3v) is 6.03. The van der Waals surface area contributed by atoms with E-state index in [0.29, 0.717) is 5.82 Å². The third-order valence-electron chi connectivity index (χ3n) is 3.47. The maximum atomic E-state index is 12.8. The molecule has 0 saturated carbocycles. The summed E-state index contributed by atoms with van der Waals surface area (Å²) in [6, 6.07) is 10.1. The molecule has 116 valence electrons. The molecule has 1 N–H and O–H groups in total. The molecule has 0 aliphatic heterocycles. The molecule has 0 radical (unpaired) electrons. The summed E-state index contributed by atoms with van der Waals surface area (Å²) in [5.41, 5.74) is 0.216. The number of benzene rings is 1. The molecule has 0 saturated heterocycles. The van der Waals surface area contributed by atoms with Crippen molar-refractivity contribution in [1.29, 1.82) is 0 Å². The molecule has 4 aromatic rings. The van der Waals surface area contributed by atoms with Gasteiger partial charge in [-0.15, -0.1) is 16.4 Å². The molecule has 0 unspecified atom stereocenters. The van der Waals surface area contributed by atoms with Crippen LogP contribution in [0.5, 0.6) is 0 Å². The van der Waals surface area contributed by atoms with Crippen LogP contribution in [0.25, 0.3) is 15.9 Å². The molecule has 0 aliphatic rings. The molecule has 0 aliphatic carbocycles. The minimum atomic E-state index is -3.78. The molecule has 1 aromatic carbocycles. The van der Waals surface area contributed by atoms with Gasteiger partial charge in [-0.2, -0.15) is 4.52 Å². The van der Waals surface area contributed by atoms with E-state index in [9.17, 15) is 8.42 Å². The standard InChI is InChI=1S/C14H11N5O2S2/c1-15-11-10-7-8-22-14(10)19-12(16-11)13(17-18-19)23(20,21)9-5-3-2-4-6-9/h2-8H,1H3,(H,15,16). The highest BCUT2D eigenvalue weighted by atomic mass is 32.2. The largest absolute Gasteiger partial charge is 0.372 e. The Hall–Kier alpha value is -2.52. The highest BCUT2D eigenvalue weighted by Gasteiger charge is 2.27. The molecule has 3 aromatic heterocycles. The molecular formula is C14H11N5O2S2. The van der Waals surface area contributed by atoms with Crippen LogP contribution in [0.4, 0.5) is 5.82 Å². The molecule has 0 spiro atoms. The van der Waals surface area contributed by atoms with Gasteiger partial charge in [-0.25, -0.2) is 13.4 Å². The number of nitrogens with one attached hydrogen (secondary N) is 1. The minimum absolute atomic E-state index is 0.143. The molecule has 9 heteroatoms. The van der Waals surface area contributed by atoms with E-state index in [1.54, 1.807) is 25.2 Å². The first-order valence-electron chi connectivity index (χ1n) is 6.73. The third kappa shape index (κ3) is 2.01. The number of thiophene rings is 1. The maximum absolute atomic E-state index is 12.8. The summed E-state index contributed by atoms with van der Waals surface area (Å²) in [5.74, 6) is 0.598. The van der Waals surface area contributed by atoms with Crippen LogP contribution >= 0.6 is 11.3 Å². The SMILES string of the molecule is CNc1nc2c(S(=O)(=O)c3ccccc3)nnn2c2sccc12. The lowest BCUT2D eigenvalue weighted by Crippen LogP contribution is -2.05. The predicted molar refractivity (Wildman–Crippen MR) is 87.6 cm³/mol. The Bertz CT molecular complexity index is 1120. The lowest BCUT2D eigenvalue weighted by molar-refractivity contribution is 0.592. The minimum Gasteiger partial charge on any atom is -0.372 e. The van der Waals surface area contributed by atoms with Gasteiger partial charge in [0.15, 0.2) is 5.65 Å². The van der Waals surface area contributed by atoms with Crippen LogP contribution in [-0.2, 0) is 9.84 Å². The molecule has 4 rings (SSSR count). The molecular weight excluding hydrogens is 334 g/mol. The average molecular weight is 345 g/mol. The van der Waals surface area contributed by atoms with Crippen molar-refractivity contribution in [3.05, 3.63) is 41.8 Å². The highest BCUT2D eigenvalue weighted by Crippen LogP contribution is 2.30. The summed E-state index contributed by atoms with van der Waals surface area (Å²) in [5, 5.41) is 13.5. The number of fused-ring (bicyclic) bond motifs is 3. The zero-order valence-corrected chi connectivity index (χ0v) is 13.6. The fourth-order valence-electron chi connectivity index (χ4n) is 2.38. The van der Waals surface area contributed by atoms with Crippen LogP contribution in [0, 0.1) is 0 Å². The van der Waals surface area contributed by atoms with E-state index in [0.717, 1.165) is 10.2 Å². The fraction of sp³-hybridized carbons (Fsp3) is 0.0714. The van der Waals surface area contributed by atoms with E-state index >= 15 is 0 Å². The summed E-state index contributed by atoms with van der Waals surface area (Å²) in [7, 11) is -2.04. The molecule has 0 fully saturated rings. The molecule has 7 nitrogen and oxygen atoms in total. The first-order valence-corrected chi connectivity index (χ1v) is 9.09. The van der Waals surface area contributed by atoms with Crippen LogP contribution < -0.4 is 5.32 Å². The molecule has 3 heterocycles. The Morgan fingerprint density at radius 3 is 2.70 bits per heavy atom. The summed E-state index contributed by atoms with van der Waals surface area (Å²) >= 11 is 1.45. The van der Waals surface area contributed by atoms with Crippen molar-refractivity contribution in [2.45, 2.75) is 9.92 Å². The Morgan fingerprint density at radius 1 is 1.17 bits per heavy atom. The van der Waals surface area contributed by atoms with Gasteiger partial charge < -0.3 is 5.32 Å². The highest BCUT2D eigenvalue weighted by molar-refractivity contribution is 7.91. The van der Waals surface area contributed by atoms with Gasteiger partial charge in [-0.05, 0) is 23.6 Å². The monoisotopic (exact) mass is 345 g/mol. The summed E-state index contributed by atoms with van der Waals surface area (Å²) in [6.07, 6.45) is 0. The van der Waals surface area contributed by atoms with Crippen molar-refractivity contribution in [3.63, 3.8) is 0 Å². The van der Waals surface area contributed by atoms with E-state index in [4.69, 9.17) is 0 Å². The van der Waals surface area contributed by atoms with Crippen molar-refractivity contribution in [1.82, 2.24) is 19.8 Å². The van der Waals surface area contributed by atoms with Crippen LogP contribution in [0.1, 0.15) is 0 Å². The Labute approximate surface area is 135 Å². The summed E-state index contributed by atoms with van der Waals surface area (Å²) in [4.78, 5) is 5.36. The van der Waals surface area contributed by atoms with Gasteiger partial charge in [-0.1, -0.05) is 23.4 Å². The molecule has 23 heavy (non-hydrogen) atoms. The van der Waals surface area contributed by atoms with Crippen molar-refractivity contribution >= 4 is 42.9 Å². The lowest BCUT2D eigenvalue weighted by atomic mass is 10.4. The predicted octanol–water partition coefficient (Wildman–Crippen LogP) is 2.21. The number of aromatic nitrogens is 4. The Morgan fingerprint density at radius 2 is 1.96 bits per heavy atom. The van der Waals surface area contributed by atoms with E-state index in [-0.39, 0.29) is 15.6 Å². The first kappa shape index (κ1) is 14.1. The molecule has 0 amide bonds. The normalized spacial score (nSPS) is 12.0. The lowest BCUT2D eigenvalue weighted by Gasteiger charge is -2.04. The second-order valence-electron chi connectivity index (χ2n) is 4.80. The average Bonchev–Trinajstić information content (AvgIpc) is 3.21. The quantitative estimate of drug-likeness (QED) is 0.612. The zero-order valence-electron chi connectivity index (χ0n) is 12.0. The topological polar surface area (TPSA) is 89.2 Å². The van der Waals surface area contributed by atoms with E-state index in [1.807, 2.05) is 11.4 Å². The number of nitrogens with zero attached hydrogens (tertiary/aromatic N) is 4. The smallest absolute Gasteiger partial charge is 0.229 e. The Kier molecular flexibility index (Phi) is 3.06. The Balaban J connectivity index is 2.06. The van der Waals surface area contributed by atoms with E-state index < -0.39 is 9.84 Å². The number of hydrogen-bond donors (Lipinski definition) is 1. The van der Waals surface area contributed by atoms with Gasteiger partial charge >= 0.3 is 0 Å². The van der Waals surface area contributed by atoms with Crippen LogP contribution in [0.3, 0.4) is 0 Å². The second-order valence-corrected chi connectivity index (χ2v) is 7.56.